The van der Waals surface area contributed by atoms with Gasteiger partial charge in [-0.15, -0.1) is 0 Å². The number of alkyl carbamates (subject to hydrolysis) is 1. The van der Waals surface area contributed by atoms with Gasteiger partial charge in [0.25, 0.3) is 0 Å². The Balaban J connectivity index is 1.33. The molecule has 0 radical (unpaired) electrons. The Bertz CT molecular complexity index is 876. The van der Waals surface area contributed by atoms with Gasteiger partial charge in [0, 0.05) is 26.1 Å². The third-order valence-electron chi connectivity index (χ3n) is 6.73. The Kier molecular flexibility index (Phi) is 8.36. The van der Waals surface area contributed by atoms with Crippen molar-refractivity contribution >= 4 is 12.0 Å². The van der Waals surface area contributed by atoms with E-state index in [1.54, 1.807) is 0 Å². The molecule has 0 aromatic heterocycles. The van der Waals surface area contributed by atoms with Gasteiger partial charge in [0.1, 0.15) is 12.6 Å². The summed E-state index contributed by atoms with van der Waals surface area (Å²) in [5, 5.41) is 2.84. The van der Waals surface area contributed by atoms with Crippen LogP contribution >= 0.6 is 0 Å². The maximum absolute atomic E-state index is 13.4. The Morgan fingerprint density at radius 2 is 1.48 bits per heavy atom. The molecule has 1 N–H and O–H groups in total. The first kappa shape index (κ1) is 23.3. The maximum atomic E-state index is 13.4. The molecule has 0 unspecified atom stereocenters. The van der Waals surface area contributed by atoms with Crippen LogP contribution in [-0.2, 0) is 22.6 Å². The molecule has 6 heteroatoms. The van der Waals surface area contributed by atoms with Crippen molar-refractivity contribution in [2.75, 3.05) is 32.7 Å². The number of likely N-dealkylation sites (tertiary alicyclic amines) is 2. The lowest BCUT2D eigenvalue weighted by molar-refractivity contribution is -0.134. The summed E-state index contributed by atoms with van der Waals surface area (Å²) < 4.78 is 5.40. The second kappa shape index (κ2) is 11.8. The van der Waals surface area contributed by atoms with Gasteiger partial charge in [0.2, 0.25) is 5.91 Å². The fourth-order valence-electron chi connectivity index (χ4n) is 4.84. The van der Waals surface area contributed by atoms with Gasteiger partial charge in [0.05, 0.1) is 0 Å². The average molecular weight is 450 g/mol. The molecule has 2 aliphatic heterocycles. The zero-order chi connectivity index (χ0) is 22.9. The van der Waals surface area contributed by atoms with Crippen molar-refractivity contribution in [2.24, 2.45) is 5.92 Å². The summed E-state index contributed by atoms with van der Waals surface area (Å²) in [5.74, 6) is 0.638. The van der Waals surface area contributed by atoms with Crippen LogP contribution < -0.4 is 5.32 Å². The molecule has 2 heterocycles. The number of ether oxygens (including phenoxy) is 1. The fourth-order valence-corrected chi connectivity index (χ4v) is 4.84. The number of carbonyl (C=O) groups excluding carboxylic acids is 2. The number of hydrogen-bond acceptors (Lipinski definition) is 4. The van der Waals surface area contributed by atoms with Crippen molar-refractivity contribution in [1.29, 1.82) is 0 Å². The van der Waals surface area contributed by atoms with E-state index in [0.717, 1.165) is 43.6 Å². The smallest absolute Gasteiger partial charge is 0.408 e. The van der Waals surface area contributed by atoms with Crippen LogP contribution in [0.15, 0.2) is 60.7 Å². The normalized spacial score (nSPS) is 18.1. The lowest BCUT2D eigenvalue weighted by Gasteiger charge is -2.35. The highest BCUT2D eigenvalue weighted by Gasteiger charge is 2.30. The van der Waals surface area contributed by atoms with Gasteiger partial charge in [-0.2, -0.15) is 0 Å². The molecular formula is C27H35N3O3. The Hall–Kier alpha value is -2.86. The second-order valence-corrected chi connectivity index (χ2v) is 9.22. The van der Waals surface area contributed by atoms with Gasteiger partial charge < -0.3 is 19.9 Å². The lowest BCUT2D eigenvalue weighted by atomic mass is 9.95. The number of nitrogens with zero attached hydrogens (tertiary/aromatic N) is 2. The van der Waals surface area contributed by atoms with E-state index in [9.17, 15) is 9.59 Å². The lowest BCUT2D eigenvalue weighted by Crippen LogP contribution is -2.52. The van der Waals surface area contributed by atoms with Crippen LogP contribution in [0.3, 0.4) is 0 Å². The maximum Gasteiger partial charge on any atom is 0.408 e. The van der Waals surface area contributed by atoms with Crippen LogP contribution in [-0.4, -0.2) is 60.6 Å². The van der Waals surface area contributed by atoms with Gasteiger partial charge in [-0.25, -0.2) is 4.79 Å². The second-order valence-electron chi connectivity index (χ2n) is 9.22. The van der Waals surface area contributed by atoms with E-state index >= 15 is 0 Å². The standard InChI is InChI=1S/C27H35N3O3/c31-26(30-17-13-23(14-18-30)20-29-15-7-8-16-29)25(19-22-9-3-1-4-10-22)28-27(32)33-21-24-11-5-2-6-12-24/h1-6,9-12,23,25H,7-8,13-21H2,(H,28,32)/t25-/m0/s1. The zero-order valence-corrected chi connectivity index (χ0v) is 19.3. The summed E-state index contributed by atoms with van der Waals surface area (Å²) in [6.07, 6.45) is 4.57. The average Bonchev–Trinajstić information content (AvgIpc) is 3.37. The molecule has 2 aromatic rings. The Labute approximate surface area is 196 Å². The number of benzene rings is 2. The minimum absolute atomic E-state index is 0.0184. The summed E-state index contributed by atoms with van der Waals surface area (Å²) in [5.41, 5.74) is 1.93. The molecule has 4 rings (SSSR count). The number of amides is 2. The molecule has 6 nitrogen and oxygen atoms in total. The van der Waals surface area contributed by atoms with E-state index in [4.69, 9.17) is 4.74 Å². The first-order valence-corrected chi connectivity index (χ1v) is 12.2. The molecule has 176 valence electrons. The number of hydrogen-bond donors (Lipinski definition) is 1. The van der Waals surface area contributed by atoms with Gasteiger partial charge >= 0.3 is 6.09 Å². The SMILES string of the molecule is O=C(N[C@@H](Cc1ccccc1)C(=O)N1CCC(CN2CCCC2)CC1)OCc1ccccc1. The minimum atomic E-state index is -0.634. The van der Waals surface area contributed by atoms with E-state index in [2.05, 4.69) is 10.2 Å². The van der Waals surface area contributed by atoms with Crippen LogP contribution in [0.2, 0.25) is 0 Å². The molecule has 2 fully saturated rings. The minimum Gasteiger partial charge on any atom is -0.445 e. The summed E-state index contributed by atoms with van der Waals surface area (Å²) >= 11 is 0. The molecule has 2 amide bonds. The Morgan fingerprint density at radius 3 is 2.12 bits per heavy atom. The number of piperidine rings is 1. The van der Waals surface area contributed by atoms with E-state index < -0.39 is 12.1 Å². The van der Waals surface area contributed by atoms with Crippen molar-refractivity contribution in [3.05, 3.63) is 71.8 Å². The van der Waals surface area contributed by atoms with E-state index in [1.807, 2.05) is 65.6 Å². The predicted octanol–water partition coefficient (Wildman–Crippen LogP) is 3.86. The highest BCUT2D eigenvalue weighted by molar-refractivity contribution is 5.86. The van der Waals surface area contributed by atoms with Crippen molar-refractivity contribution in [2.45, 2.75) is 44.8 Å². The molecule has 0 spiro atoms. The molecule has 2 saturated heterocycles. The number of carbonyl (C=O) groups is 2. The van der Waals surface area contributed by atoms with Crippen LogP contribution in [0.25, 0.3) is 0 Å². The predicted molar refractivity (Wildman–Crippen MR) is 129 cm³/mol. The highest BCUT2D eigenvalue weighted by Crippen LogP contribution is 2.21. The third kappa shape index (κ3) is 7.06. The van der Waals surface area contributed by atoms with Crippen LogP contribution in [0.1, 0.15) is 36.8 Å². The van der Waals surface area contributed by atoms with Crippen molar-refractivity contribution in [3.8, 4) is 0 Å². The van der Waals surface area contributed by atoms with Gasteiger partial charge in [-0.3, -0.25) is 4.79 Å². The zero-order valence-electron chi connectivity index (χ0n) is 19.3. The van der Waals surface area contributed by atoms with E-state index in [0.29, 0.717) is 12.3 Å². The van der Waals surface area contributed by atoms with Crippen LogP contribution in [0, 0.1) is 5.92 Å². The first-order valence-electron chi connectivity index (χ1n) is 12.2. The number of nitrogens with one attached hydrogen (secondary N) is 1. The Morgan fingerprint density at radius 1 is 0.879 bits per heavy atom. The summed E-state index contributed by atoms with van der Waals surface area (Å²) in [6.45, 7) is 5.27. The van der Waals surface area contributed by atoms with Crippen LogP contribution in [0.4, 0.5) is 4.79 Å². The first-order chi connectivity index (χ1) is 16.2. The molecule has 0 aliphatic carbocycles. The molecule has 0 bridgehead atoms. The monoisotopic (exact) mass is 449 g/mol. The molecule has 2 aliphatic rings. The van der Waals surface area contributed by atoms with E-state index in [1.165, 1.54) is 25.9 Å². The summed E-state index contributed by atoms with van der Waals surface area (Å²) in [6, 6.07) is 18.8. The molecule has 1 atom stereocenters. The number of rotatable bonds is 8. The molecule has 2 aromatic carbocycles. The van der Waals surface area contributed by atoms with Crippen LogP contribution in [0.5, 0.6) is 0 Å². The quantitative estimate of drug-likeness (QED) is 0.665. The molecule has 33 heavy (non-hydrogen) atoms. The largest absolute Gasteiger partial charge is 0.445 e. The third-order valence-corrected chi connectivity index (χ3v) is 6.73. The summed E-state index contributed by atoms with van der Waals surface area (Å²) in [7, 11) is 0. The molecule has 0 saturated carbocycles. The van der Waals surface area contributed by atoms with Gasteiger partial charge in [0.15, 0.2) is 0 Å². The van der Waals surface area contributed by atoms with Crippen molar-refractivity contribution in [3.63, 3.8) is 0 Å². The van der Waals surface area contributed by atoms with Gasteiger partial charge in [-0.1, -0.05) is 60.7 Å². The van der Waals surface area contributed by atoms with Crippen molar-refractivity contribution < 1.29 is 14.3 Å². The van der Waals surface area contributed by atoms with E-state index in [-0.39, 0.29) is 12.5 Å². The van der Waals surface area contributed by atoms with Crippen molar-refractivity contribution in [1.82, 2.24) is 15.1 Å². The highest BCUT2D eigenvalue weighted by atomic mass is 16.5. The summed E-state index contributed by atoms with van der Waals surface area (Å²) in [4.78, 5) is 30.4. The fraction of sp³-hybridized carbons (Fsp3) is 0.481. The molecular weight excluding hydrogens is 414 g/mol. The topological polar surface area (TPSA) is 61.9 Å². The van der Waals surface area contributed by atoms with Gasteiger partial charge in [-0.05, 0) is 55.8 Å².